The summed E-state index contributed by atoms with van der Waals surface area (Å²) in [5.74, 6) is 0.464. The molecule has 0 aliphatic rings. The minimum atomic E-state index is 0.382. The van der Waals surface area contributed by atoms with Gasteiger partial charge in [-0.1, -0.05) is 21.1 Å². The smallest absolute Gasteiger partial charge is 0.240 e. The Hall–Kier alpha value is -1.71. The first-order chi connectivity index (χ1) is 7.31. The second-order valence-corrected chi connectivity index (χ2v) is 3.67. The van der Waals surface area contributed by atoms with Crippen LogP contribution in [0.15, 0.2) is 44.5 Å². The number of halogens is 1. The van der Waals surface area contributed by atoms with Gasteiger partial charge < -0.3 is 4.52 Å². The predicted octanol–water partition coefficient (Wildman–Crippen LogP) is 3.07. The fourth-order valence-corrected chi connectivity index (χ4v) is 1.43. The van der Waals surface area contributed by atoms with Crippen molar-refractivity contribution in [2.24, 2.45) is 4.99 Å². The monoisotopic (exact) mass is 264 g/mol. The third-order valence-electron chi connectivity index (χ3n) is 1.82. The number of hydrogen-bond donors (Lipinski definition) is 0. The number of hydrogen-bond acceptors (Lipinski definition) is 4. The molecule has 5 heteroatoms. The van der Waals surface area contributed by atoms with E-state index < -0.39 is 0 Å². The van der Waals surface area contributed by atoms with Crippen LogP contribution in [0.4, 0.5) is 5.69 Å². The van der Waals surface area contributed by atoms with Crippen molar-refractivity contribution in [2.45, 2.75) is 0 Å². The van der Waals surface area contributed by atoms with Crippen molar-refractivity contribution in [3.8, 4) is 11.3 Å². The van der Waals surface area contributed by atoms with Gasteiger partial charge in [-0.3, -0.25) is 0 Å². The fraction of sp³-hybridized carbons (Fsp3) is 0. The number of carbonyl (C=O) groups excluding carboxylic acids is 1. The molecule has 2 aromatic rings. The van der Waals surface area contributed by atoms with Crippen LogP contribution >= 0.6 is 15.9 Å². The summed E-state index contributed by atoms with van der Waals surface area (Å²) in [5.41, 5.74) is 1.19. The standard InChI is InChI=1S/C10H5BrN2O2/c11-8-3-1-7(2-4-8)10-9(12-6-14)5-13-15-10/h1-5H. The van der Waals surface area contributed by atoms with Crippen LogP contribution in [-0.4, -0.2) is 11.2 Å². The van der Waals surface area contributed by atoms with E-state index in [-0.39, 0.29) is 0 Å². The lowest BCUT2D eigenvalue weighted by Crippen LogP contribution is -1.73. The minimum Gasteiger partial charge on any atom is -0.354 e. The molecule has 2 rings (SSSR count). The predicted molar refractivity (Wildman–Crippen MR) is 57.4 cm³/mol. The Morgan fingerprint density at radius 1 is 1.33 bits per heavy atom. The summed E-state index contributed by atoms with van der Waals surface area (Å²) < 4.78 is 5.97. The van der Waals surface area contributed by atoms with Crippen molar-refractivity contribution in [3.63, 3.8) is 0 Å². The van der Waals surface area contributed by atoms with E-state index in [1.807, 2.05) is 24.3 Å². The Balaban J connectivity index is 2.49. The van der Waals surface area contributed by atoms with Gasteiger partial charge in [0.1, 0.15) is 5.69 Å². The Kier molecular flexibility index (Phi) is 2.76. The molecule has 0 amide bonds. The van der Waals surface area contributed by atoms with Crippen LogP contribution in [0.25, 0.3) is 11.3 Å². The summed E-state index contributed by atoms with van der Waals surface area (Å²) in [6.07, 6.45) is 2.83. The van der Waals surface area contributed by atoms with E-state index in [1.165, 1.54) is 12.3 Å². The van der Waals surface area contributed by atoms with Crippen molar-refractivity contribution in [3.05, 3.63) is 34.9 Å². The molecule has 0 atom stereocenters. The Morgan fingerprint density at radius 3 is 2.73 bits per heavy atom. The van der Waals surface area contributed by atoms with E-state index in [1.54, 1.807) is 0 Å². The summed E-state index contributed by atoms with van der Waals surface area (Å²) in [6, 6.07) is 7.42. The van der Waals surface area contributed by atoms with Crippen LogP contribution in [0.2, 0.25) is 0 Å². The fourth-order valence-electron chi connectivity index (χ4n) is 1.17. The molecule has 1 aromatic heterocycles. The summed E-state index contributed by atoms with van der Waals surface area (Å²) in [6.45, 7) is 0. The maximum Gasteiger partial charge on any atom is 0.240 e. The van der Waals surface area contributed by atoms with Crippen molar-refractivity contribution >= 4 is 27.7 Å². The minimum absolute atomic E-state index is 0.382. The number of isocyanates is 1. The maximum atomic E-state index is 10.1. The van der Waals surface area contributed by atoms with Gasteiger partial charge in [-0.05, 0) is 24.3 Å². The second kappa shape index (κ2) is 4.21. The molecular formula is C10H5BrN2O2. The normalized spacial score (nSPS) is 9.67. The number of aliphatic imine (C=N–C) groups is 1. The third kappa shape index (κ3) is 2.03. The van der Waals surface area contributed by atoms with Crippen molar-refractivity contribution < 1.29 is 9.32 Å². The van der Waals surface area contributed by atoms with Gasteiger partial charge in [0.25, 0.3) is 0 Å². The summed E-state index contributed by atoms with van der Waals surface area (Å²) in [5, 5.41) is 3.58. The van der Waals surface area contributed by atoms with Crippen LogP contribution in [0.3, 0.4) is 0 Å². The third-order valence-corrected chi connectivity index (χ3v) is 2.35. The quantitative estimate of drug-likeness (QED) is 0.619. The molecule has 0 bridgehead atoms. The van der Waals surface area contributed by atoms with Gasteiger partial charge >= 0.3 is 0 Å². The zero-order chi connectivity index (χ0) is 10.7. The van der Waals surface area contributed by atoms with E-state index in [4.69, 9.17) is 4.52 Å². The molecule has 0 aliphatic heterocycles. The second-order valence-electron chi connectivity index (χ2n) is 2.75. The first-order valence-corrected chi connectivity index (χ1v) is 4.89. The molecule has 15 heavy (non-hydrogen) atoms. The summed E-state index contributed by atoms with van der Waals surface area (Å²) in [4.78, 5) is 13.6. The van der Waals surface area contributed by atoms with E-state index >= 15 is 0 Å². The number of aromatic nitrogens is 1. The zero-order valence-electron chi connectivity index (χ0n) is 7.48. The summed E-state index contributed by atoms with van der Waals surface area (Å²) >= 11 is 3.33. The molecule has 0 radical (unpaired) electrons. The number of rotatable bonds is 2. The molecule has 1 heterocycles. The molecule has 4 nitrogen and oxygen atoms in total. The molecule has 0 aliphatic carbocycles. The van der Waals surface area contributed by atoms with Crippen LogP contribution in [0.1, 0.15) is 0 Å². The van der Waals surface area contributed by atoms with Crippen LogP contribution in [0, 0.1) is 0 Å². The first-order valence-electron chi connectivity index (χ1n) is 4.10. The van der Waals surface area contributed by atoms with Gasteiger partial charge in [0.15, 0.2) is 5.76 Å². The molecule has 0 unspecified atom stereocenters. The van der Waals surface area contributed by atoms with Gasteiger partial charge in [-0.25, -0.2) is 4.79 Å². The van der Waals surface area contributed by atoms with Crippen molar-refractivity contribution in [2.75, 3.05) is 0 Å². The molecule has 0 fully saturated rings. The number of nitrogens with zero attached hydrogens (tertiary/aromatic N) is 2. The molecule has 0 N–H and O–H groups in total. The highest BCUT2D eigenvalue weighted by Gasteiger charge is 2.09. The molecular weight excluding hydrogens is 260 g/mol. The SMILES string of the molecule is O=C=Nc1cnoc1-c1ccc(Br)cc1. The lowest BCUT2D eigenvalue weighted by Gasteiger charge is -1.96. The van der Waals surface area contributed by atoms with Crippen LogP contribution in [-0.2, 0) is 4.79 Å². The zero-order valence-corrected chi connectivity index (χ0v) is 9.06. The largest absolute Gasteiger partial charge is 0.354 e. The lowest BCUT2D eigenvalue weighted by atomic mass is 10.1. The highest BCUT2D eigenvalue weighted by molar-refractivity contribution is 9.10. The maximum absolute atomic E-state index is 10.1. The van der Waals surface area contributed by atoms with Gasteiger partial charge in [0, 0.05) is 10.0 Å². The molecule has 0 saturated heterocycles. The lowest BCUT2D eigenvalue weighted by molar-refractivity contribution is 0.432. The van der Waals surface area contributed by atoms with E-state index in [0.717, 1.165) is 10.0 Å². The topological polar surface area (TPSA) is 55.5 Å². The van der Waals surface area contributed by atoms with Gasteiger partial charge in [-0.15, -0.1) is 0 Å². The Labute approximate surface area is 93.7 Å². The van der Waals surface area contributed by atoms with Crippen molar-refractivity contribution in [1.29, 1.82) is 0 Å². The molecule has 1 aromatic carbocycles. The van der Waals surface area contributed by atoms with Gasteiger partial charge in [-0.2, -0.15) is 4.99 Å². The van der Waals surface area contributed by atoms with Crippen molar-refractivity contribution in [1.82, 2.24) is 5.16 Å². The molecule has 0 spiro atoms. The Morgan fingerprint density at radius 2 is 2.07 bits per heavy atom. The average Bonchev–Trinajstić information content (AvgIpc) is 2.68. The van der Waals surface area contributed by atoms with E-state index in [0.29, 0.717) is 11.4 Å². The van der Waals surface area contributed by atoms with Crippen LogP contribution in [0.5, 0.6) is 0 Å². The molecule has 0 saturated carbocycles. The number of benzene rings is 1. The Bertz CT molecular complexity index is 512. The average molecular weight is 265 g/mol. The van der Waals surface area contributed by atoms with E-state index in [2.05, 4.69) is 26.1 Å². The highest BCUT2D eigenvalue weighted by atomic mass is 79.9. The van der Waals surface area contributed by atoms with Gasteiger partial charge in [0.2, 0.25) is 6.08 Å². The highest BCUT2D eigenvalue weighted by Crippen LogP contribution is 2.30. The van der Waals surface area contributed by atoms with E-state index in [9.17, 15) is 4.79 Å². The molecule has 74 valence electrons. The van der Waals surface area contributed by atoms with Crippen LogP contribution < -0.4 is 0 Å². The summed E-state index contributed by atoms with van der Waals surface area (Å²) in [7, 11) is 0. The first kappa shape index (κ1) is 9.83. The van der Waals surface area contributed by atoms with Gasteiger partial charge in [0.05, 0.1) is 6.20 Å².